The Bertz CT molecular complexity index is 482. The lowest BCUT2D eigenvalue weighted by molar-refractivity contribution is 0.628. The van der Waals surface area contributed by atoms with Crippen LogP contribution in [-0.2, 0) is 6.54 Å². The maximum Gasteiger partial charge on any atom is 0.125 e. The number of nitrogens with one attached hydrogen (secondary N) is 1. The van der Waals surface area contributed by atoms with Gasteiger partial charge in [0.15, 0.2) is 0 Å². The van der Waals surface area contributed by atoms with Gasteiger partial charge in [0.05, 0.1) is 0 Å². The summed E-state index contributed by atoms with van der Waals surface area (Å²) < 4.78 is 12.9. The molecule has 0 amide bonds. The maximum absolute atomic E-state index is 12.9. The first kappa shape index (κ1) is 12.0. The second-order valence-corrected chi connectivity index (χ2v) is 4.59. The van der Waals surface area contributed by atoms with Crippen LogP contribution >= 0.6 is 11.8 Å². The molecule has 2 aromatic carbocycles. The van der Waals surface area contributed by atoms with Gasteiger partial charge >= 0.3 is 0 Å². The summed E-state index contributed by atoms with van der Waals surface area (Å²) in [5.74, 6) is -0.215. The maximum atomic E-state index is 12.9. The molecule has 0 unspecified atom stereocenters. The van der Waals surface area contributed by atoms with Gasteiger partial charge < -0.3 is 5.32 Å². The molecule has 0 bridgehead atoms. The van der Waals surface area contributed by atoms with Crippen molar-refractivity contribution >= 4 is 17.4 Å². The fraction of sp³-hybridized carbons (Fsp3) is 0.143. The van der Waals surface area contributed by atoms with E-state index in [9.17, 15) is 4.39 Å². The zero-order valence-corrected chi connectivity index (χ0v) is 10.4. The first-order valence-electron chi connectivity index (χ1n) is 5.40. The minimum atomic E-state index is -0.215. The third-order valence-corrected chi connectivity index (χ3v) is 3.22. The Morgan fingerprint density at radius 2 is 1.88 bits per heavy atom. The summed E-state index contributed by atoms with van der Waals surface area (Å²) in [6.45, 7) is 0.706. The molecule has 88 valence electrons. The van der Waals surface area contributed by atoms with Crippen molar-refractivity contribution in [1.82, 2.24) is 0 Å². The number of benzene rings is 2. The van der Waals surface area contributed by atoms with Crippen LogP contribution in [0.1, 0.15) is 5.56 Å². The Morgan fingerprint density at radius 1 is 1.12 bits per heavy atom. The largest absolute Gasteiger partial charge is 0.381 e. The van der Waals surface area contributed by atoms with Crippen LogP contribution in [0.25, 0.3) is 0 Å². The molecule has 0 heterocycles. The van der Waals surface area contributed by atoms with Gasteiger partial charge in [0.25, 0.3) is 0 Å². The molecule has 0 aliphatic rings. The van der Waals surface area contributed by atoms with Crippen molar-refractivity contribution in [3.05, 3.63) is 59.9 Å². The topological polar surface area (TPSA) is 12.0 Å². The third kappa shape index (κ3) is 3.49. The summed E-state index contributed by atoms with van der Waals surface area (Å²) in [7, 11) is 0. The molecule has 0 atom stereocenters. The normalized spacial score (nSPS) is 10.2. The molecular formula is C14H14FNS. The molecule has 0 aromatic heterocycles. The molecule has 3 heteroatoms. The summed E-state index contributed by atoms with van der Waals surface area (Å²) >= 11 is 1.72. The predicted molar refractivity (Wildman–Crippen MR) is 71.9 cm³/mol. The number of rotatable bonds is 4. The second-order valence-electron chi connectivity index (χ2n) is 3.71. The SMILES string of the molecule is CSc1ccc(CNc2cccc(F)c2)cc1. The zero-order valence-electron chi connectivity index (χ0n) is 9.61. The monoisotopic (exact) mass is 247 g/mol. The molecule has 1 N–H and O–H groups in total. The van der Waals surface area contributed by atoms with Gasteiger partial charge in [0.2, 0.25) is 0 Å². The van der Waals surface area contributed by atoms with Crippen LogP contribution in [0.2, 0.25) is 0 Å². The number of thioether (sulfide) groups is 1. The van der Waals surface area contributed by atoms with Gasteiger partial charge in [-0.2, -0.15) is 0 Å². The van der Waals surface area contributed by atoms with Crippen molar-refractivity contribution in [2.45, 2.75) is 11.4 Å². The van der Waals surface area contributed by atoms with E-state index in [0.717, 1.165) is 5.69 Å². The van der Waals surface area contributed by atoms with Gasteiger partial charge in [-0.15, -0.1) is 11.8 Å². The summed E-state index contributed by atoms with van der Waals surface area (Å²) in [5.41, 5.74) is 1.99. The van der Waals surface area contributed by atoms with Crippen LogP contribution < -0.4 is 5.32 Å². The molecule has 0 aliphatic carbocycles. The summed E-state index contributed by atoms with van der Waals surface area (Å²) in [6.07, 6.45) is 2.06. The average Bonchev–Trinajstić information content (AvgIpc) is 2.37. The van der Waals surface area contributed by atoms with E-state index in [-0.39, 0.29) is 5.82 Å². The smallest absolute Gasteiger partial charge is 0.125 e. The van der Waals surface area contributed by atoms with Gasteiger partial charge in [0.1, 0.15) is 5.82 Å². The van der Waals surface area contributed by atoms with Crippen LogP contribution in [0.5, 0.6) is 0 Å². The number of halogens is 1. The Balaban J connectivity index is 1.97. The Morgan fingerprint density at radius 3 is 2.53 bits per heavy atom. The number of anilines is 1. The Kier molecular flexibility index (Phi) is 4.04. The Labute approximate surface area is 105 Å². The molecular weight excluding hydrogens is 233 g/mol. The molecule has 0 aliphatic heterocycles. The van der Waals surface area contributed by atoms with Gasteiger partial charge in [-0.25, -0.2) is 4.39 Å². The van der Waals surface area contributed by atoms with Crippen LogP contribution in [0.3, 0.4) is 0 Å². The van der Waals surface area contributed by atoms with Crippen molar-refractivity contribution in [1.29, 1.82) is 0 Å². The molecule has 1 nitrogen and oxygen atoms in total. The molecule has 17 heavy (non-hydrogen) atoms. The van der Waals surface area contributed by atoms with Crippen LogP contribution in [0.4, 0.5) is 10.1 Å². The lowest BCUT2D eigenvalue weighted by Gasteiger charge is -2.07. The molecule has 2 rings (SSSR count). The third-order valence-electron chi connectivity index (χ3n) is 2.48. The van der Waals surface area contributed by atoms with Gasteiger partial charge in [-0.1, -0.05) is 18.2 Å². The lowest BCUT2D eigenvalue weighted by atomic mass is 10.2. The minimum Gasteiger partial charge on any atom is -0.381 e. The van der Waals surface area contributed by atoms with Crippen molar-refractivity contribution < 1.29 is 4.39 Å². The van der Waals surface area contributed by atoms with E-state index in [1.807, 2.05) is 6.07 Å². The zero-order chi connectivity index (χ0) is 12.1. The second kappa shape index (κ2) is 5.73. The number of hydrogen-bond donors (Lipinski definition) is 1. The quantitative estimate of drug-likeness (QED) is 0.814. The summed E-state index contributed by atoms with van der Waals surface area (Å²) in [4.78, 5) is 1.25. The summed E-state index contributed by atoms with van der Waals surface area (Å²) in [6, 6.07) is 14.8. The van der Waals surface area contributed by atoms with Crippen LogP contribution in [-0.4, -0.2) is 6.26 Å². The predicted octanol–water partition coefficient (Wildman–Crippen LogP) is 4.16. The lowest BCUT2D eigenvalue weighted by Crippen LogP contribution is -1.99. The van der Waals surface area contributed by atoms with Crippen LogP contribution in [0.15, 0.2) is 53.4 Å². The van der Waals surface area contributed by atoms with Gasteiger partial charge in [-0.05, 0) is 42.2 Å². The van der Waals surface area contributed by atoms with E-state index < -0.39 is 0 Å². The first-order valence-corrected chi connectivity index (χ1v) is 6.63. The van der Waals surface area contributed by atoms with E-state index in [0.29, 0.717) is 6.54 Å². The van der Waals surface area contributed by atoms with Crippen molar-refractivity contribution in [2.24, 2.45) is 0 Å². The average molecular weight is 247 g/mol. The highest BCUT2D eigenvalue weighted by molar-refractivity contribution is 7.98. The highest BCUT2D eigenvalue weighted by Gasteiger charge is 1.96. The van der Waals surface area contributed by atoms with E-state index >= 15 is 0 Å². The van der Waals surface area contributed by atoms with Gasteiger partial charge in [0, 0.05) is 17.1 Å². The first-order chi connectivity index (χ1) is 8.28. The molecule has 0 saturated heterocycles. The van der Waals surface area contributed by atoms with Gasteiger partial charge in [-0.3, -0.25) is 0 Å². The Hall–Kier alpha value is -1.48. The fourth-order valence-electron chi connectivity index (χ4n) is 1.55. The van der Waals surface area contributed by atoms with Crippen molar-refractivity contribution in [2.75, 3.05) is 11.6 Å². The minimum absolute atomic E-state index is 0.215. The van der Waals surface area contributed by atoms with E-state index in [1.54, 1.807) is 17.8 Å². The molecule has 0 radical (unpaired) electrons. The fourth-order valence-corrected chi connectivity index (χ4v) is 1.95. The standard InChI is InChI=1S/C14H14FNS/c1-17-14-7-5-11(6-8-14)10-16-13-4-2-3-12(15)9-13/h2-9,16H,10H2,1H3. The van der Waals surface area contributed by atoms with E-state index in [2.05, 4.69) is 35.8 Å². The highest BCUT2D eigenvalue weighted by atomic mass is 32.2. The van der Waals surface area contributed by atoms with E-state index in [4.69, 9.17) is 0 Å². The molecule has 0 saturated carbocycles. The summed E-state index contributed by atoms with van der Waals surface area (Å²) in [5, 5.41) is 3.19. The number of hydrogen-bond acceptors (Lipinski definition) is 2. The highest BCUT2D eigenvalue weighted by Crippen LogP contribution is 2.16. The van der Waals surface area contributed by atoms with Crippen molar-refractivity contribution in [3.8, 4) is 0 Å². The molecule has 2 aromatic rings. The molecule has 0 spiro atoms. The van der Waals surface area contributed by atoms with Crippen molar-refractivity contribution in [3.63, 3.8) is 0 Å². The molecule has 0 fully saturated rings. The van der Waals surface area contributed by atoms with Crippen LogP contribution in [0, 0.1) is 5.82 Å². The van der Waals surface area contributed by atoms with E-state index in [1.165, 1.54) is 22.6 Å².